The Morgan fingerprint density at radius 3 is 2.61 bits per heavy atom. The number of rotatable bonds is 7. The van der Waals surface area contributed by atoms with Gasteiger partial charge in [-0.15, -0.1) is 11.3 Å². The predicted octanol–water partition coefficient (Wildman–Crippen LogP) is 6.11. The van der Waals surface area contributed by atoms with Crippen LogP contribution >= 0.6 is 11.3 Å². The van der Waals surface area contributed by atoms with E-state index in [0.717, 1.165) is 65.1 Å². The van der Waals surface area contributed by atoms with Gasteiger partial charge in [0, 0.05) is 44.1 Å². The molecule has 8 heteroatoms. The van der Waals surface area contributed by atoms with E-state index < -0.39 is 0 Å². The number of anilines is 1. The van der Waals surface area contributed by atoms with E-state index in [4.69, 9.17) is 20.0 Å². The normalized spacial score (nSPS) is 14.8. The van der Waals surface area contributed by atoms with Crippen molar-refractivity contribution in [3.05, 3.63) is 76.4 Å². The van der Waals surface area contributed by atoms with Crippen molar-refractivity contribution < 1.29 is 4.74 Å². The molecule has 1 aliphatic rings. The van der Waals surface area contributed by atoms with Gasteiger partial charge in [-0.25, -0.2) is 4.98 Å². The number of pyridine rings is 1. The van der Waals surface area contributed by atoms with Gasteiger partial charge in [0.1, 0.15) is 10.4 Å². The Morgan fingerprint density at radius 1 is 1.14 bits per heavy atom. The quantitative estimate of drug-likeness (QED) is 0.309. The smallest absolute Gasteiger partial charge is 0.242 e. The van der Waals surface area contributed by atoms with E-state index >= 15 is 0 Å². The second-order valence-corrected chi connectivity index (χ2v) is 10.0. The van der Waals surface area contributed by atoms with E-state index in [-0.39, 0.29) is 0 Å². The molecule has 36 heavy (non-hydrogen) atoms. The number of piperidine rings is 1. The van der Waals surface area contributed by atoms with Gasteiger partial charge >= 0.3 is 0 Å². The van der Waals surface area contributed by atoms with E-state index in [1.807, 2.05) is 55.9 Å². The van der Waals surface area contributed by atoms with Crippen LogP contribution in [0.15, 0.2) is 54.2 Å². The number of hydrogen-bond acceptors (Lipinski definition) is 8. The zero-order valence-electron chi connectivity index (χ0n) is 20.4. The number of hydrogen-bond donors (Lipinski definition) is 1. The van der Waals surface area contributed by atoms with Crippen LogP contribution in [0, 0.1) is 25.2 Å². The Kier molecular flexibility index (Phi) is 7.21. The number of fused-ring (bicyclic) bond motifs is 1. The Morgan fingerprint density at radius 2 is 1.89 bits per heavy atom. The maximum absolute atomic E-state index is 8.83. The lowest BCUT2D eigenvalue weighted by atomic mass is 10.0. The van der Waals surface area contributed by atoms with Gasteiger partial charge in [-0.3, -0.25) is 9.88 Å². The first kappa shape index (κ1) is 23.9. The maximum Gasteiger partial charge on any atom is 0.242 e. The highest BCUT2D eigenvalue weighted by Gasteiger charge is 2.21. The lowest BCUT2D eigenvalue weighted by Crippen LogP contribution is -2.39. The molecule has 3 aromatic heterocycles. The van der Waals surface area contributed by atoms with E-state index in [9.17, 15) is 0 Å². The predicted molar refractivity (Wildman–Crippen MR) is 144 cm³/mol. The third kappa shape index (κ3) is 5.54. The van der Waals surface area contributed by atoms with Crippen molar-refractivity contribution in [3.8, 4) is 17.7 Å². The number of thiophene rings is 1. The summed E-state index contributed by atoms with van der Waals surface area (Å²) in [4.78, 5) is 16.1. The van der Waals surface area contributed by atoms with Gasteiger partial charge in [0.05, 0.1) is 11.6 Å². The van der Waals surface area contributed by atoms with E-state index in [1.165, 1.54) is 11.6 Å². The Bertz CT molecular complexity index is 1390. The maximum atomic E-state index is 8.83. The summed E-state index contributed by atoms with van der Waals surface area (Å²) in [6.45, 7) is 7.02. The van der Waals surface area contributed by atoms with E-state index in [0.29, 0.717) is 17.9 Å². The first-order valence-electron chi connectivity index (χ1n) is 12.1. The van der Waals surface area contributed by atoms with Gasteiger partial charge in [0.2, 0.25) is 11.8 Å². The topological polar surface area (TPSA) is 87.0 Å². The zero-order valence-corrected chi connectivity index (χ0v) is 21.3. The number of nitrogens with one attached hydrogen (secondary N) is 1. The summed E-state index contributed by atoms with van der Waals surface area (Å²) in [7, 11) is 0. The molecule has 1 fully saturated rings. The second-order valence-electron chi connectivity index (χ2n) is 9.09. The number of ether oxygens (including phenoxy) is 1. The number of aromatic nitrogens is 3. The molecule has 4 heterocycles. The summed E-state index contributed by atoms with van der Waals surface area (Å²) in [5.41, 5.74) is 5.13. The lowest BCUT2D eigenvalue weighted by molar-refractivity contribution is 0.211. The number of nitrogens with zero attached hydrogens (tertiary/aromatic N) is 5. The third-order valence-corrected chi connectivity index (χ3v) is 7.27. The standard InChI is InChI=1S/C28H28N6OS/c1-19-16-22(4-3-10-29)17-20(2)25(19)35-27-26-24(9-15-36-26)32-28(33-27)31-23-7-13-34(14-8-23)18-21-5-11-30-12-6-21/h3-6,9,11-12,15-17,23H,7-8,13-14,18H2,1-2H3,(H,31,32,33)/b4-3+. The SMILES string of the molecule is Cc1cc(/C=C/C#N)cc(C)c1Oc1nc(NC2CCN(Cc3ccncc3)CC2)nc2ccsc12. The lowest BCUT2D eigenvalue weighted by Gasteiger charge is -2.32. The van der Waals surface area contributed by atoms with Gasteiger partial charge in [-0.1, -0.05) is 0 Å². The van der Waals surface area contributed by atoms with Crippen LogP contribution in [0.25, 0.3) is 16.3 Å². The molecule has 0 bridgehead atoms. The first-order chi connectivity index (χ1) is 17.6. The average molecular weight is 497 g/mol. The third-order valence-electron chi connectivity index (χ3n) is 6.38. The fourth-order valence-electron chi connectivity index (χ4n) is 4.61. The summed E-state index contributed by atoms with van der Waals surface area (Å²) in [5.74, 6) is 1.96. The summed E-state index contributed by atoms with van der Waals surface area (Å²) in [6, 6.07) is 12.6. The van der Waals surface area contributed by atoms with Gasteiger partial charge < -0.3 is 10.1 Å². The highest BCUT2D eigenvalue weighted by molar-refractivity contribution is 7.17. The molecule has 1 aromatic carbocycles. The van der Waals surface area contributed by atoms with Crippen molar-refractivity contribution in [3.63, 3.8) is 0 Å². The monoisotopic (exact) mass is 496 g/mol. The van der Waals surface area contributed by atoms with Crippen LogP contribution in [-0.2, 0) is 6.54 Å². The summed E-state index contributed by atoms with van der Waals surface area (Å²) in [6.07, 6.45) is 9.05. The molecule has 0 unspecified atom stereocenters. The van der Waals surface area contributed by atoms with Crippen LogP contribution in [0.4, 0.5) is 5.95 Å². The number of likely N-dealkylation sites (tertiary alicyclic amines) is 1. The largest absolute Gasteiger partial charge is 0.437 e. The van der Waals surface area contributed by atoms with Crippen molar-refractivity contribution in [1.29, 1.82) is 5.26 Å². The molecule has 182 valence electrons. The number of allylic oxidation sites excluding steroid dienone is 1. The van der Waals surface area contributed by atoms with Crippen molar-refractivity contribution in [2.75, 3.05) is 18.4 Å². The molecule has 0 amide bonds. The first-order valence-corrected chi connectivity index (χ1v) is 13.0. The summed E-state index contributed by atoms with van der Waals surface area (Å²) < 4.78 is 7.33. The molecule has 0 radical (unpaired) electrons. The molecular weight excluding hydrogens is 468 g/mol. The minimum absolute atomic E-state index is 0.317. The van der Waals surface area contributed by atoms with E-state index in [1.54, 1.807) is 17.4 Å². The molecule has 4 aromatic rings. The fourth-order valence-corrected chi connectivity index (χ4v) is 5.36. The second kappa shape index (κ2) is 10.9. The zero-order chi connectivity index (χ0) is 24.9. The molecular formula is C28H28N6OS. The molecule has 1 N–H and O–H groups in total. The molecule has 0 aliphatic carbocycles. The van der Waals surface area contributed by atoms with Crippen molar-refractivity contribution >= 4 is 33.6 Å². The molecule has 1 aliphatic heterocycles. The number of aryl methyl sites for hydroxylation is 2. The molecule has 0 atom stereocenters. The molecule has 5 rings (SSSR count). The number of benzene rings is 1. The van der Waals surface area contributed by atoms with Gasteiger partial charge in [-0.2, -0.15) is 10.2 Å². The Hall–Kier alpha value is -3.80. The van der Waals surface area contributed by atoms with E-state index in [2.05, 4.69) is 27.3 Å². The van der Waals surface area contributed by atoms with Crippen molar-refractivity contribution in [2.45, 2.75) is 39.3 Å². The fraction of sp³-hybridized carbons (Fsp3) is 0.286. The van der Waals surface area contributed by atoms with Gasteiger partial charge in [0.15, 0.2) is 0 Å². The molecule has 7 nitrogen and oxygen atoms in total. The average Bonchev–Trinajstić information content (AvgIpc) is 3.36. The molecule has 1 saturated heterocycles. The van der Waals surface area contributed by atoms with Crippen LogP contribution in [0.1, 0.15) is 35.1 Å². The Balaban J connectivity index is 1.30. The van der Waals surface area contributed by atoms with Crippen LogP contribution in [0.2, 0.25) is 0 Å². The van der Waals surface area contributed by atoms with Crippen LogP contribution in [0.3, 0.4) is 0 Å². The number of nitriles is 1. The van der Waals surface area contributed by atoms with Crippen molar-refractivity contribution in [2.24, 2.45) is 0 Å². The summed E-state index contributed by atoms with van der Waals surface area (Å²) in [5, 5.41) is 14.4. The molecule has 0 saturated carbocycles. The van der Waals surface area contributed by atoms with Crippen LogP contribution in [-0.4, -0.2) is 39.0 Å². The minimum atomic E-state index is 0.317. The Labute approximate surface area is 215 Å². The minimum Gasteiger partial charge on any atom is -0.437 e. The molecule has 0 spiro atoms. The highest BCUT2D eigenvalue weighted by atomic mass is 32.1. The van der Waals surface area contributed by atoms with Crippen LogP contribution < -0.4 is 10.1 Å². The van der Waals surface area contributed by atoms with Gasteiger partial charge in [-0.05, 0) is 90.7 Å². The van der Waals surface area contributed by atoms with Gasteiger partial charge in [0.25, 0.3) is 0 Å². The van der Waals surface area contributed by atoms with Crippen molar-refractivity contribution in [1.82, 2.24) is 19.9 Å². The van der Waals surface area contributed by atoms with Crippen LogP contribution in [0.5, 0.6) is 11.6 Å². The highest BCUT2D eigenvalue weighted by Crippen LogP contribution is 2.36. The summed E-state index contributed by atoms with van der Waals surface area (Å²) >= 11 is 1.58.